The van der Waals surface area contributed by atoms with E-state index in [1.807, 2.05) is 19.1 Å². The third-order valence-corrected chi connectivity index (χ3v) is 7.44. The van der Waals surface area contributed by atoms with E-state index in [0.717, 1.165) is 11.1 Å². The molecule has 7 heteroatoms. The average Bonchev–Trinajstić information content (AvgIpc) is 3.51. The van der Waals surface area contributed by atoms with Gasteiger partial charge < -0.3 is 13.7 Å². The van der Waals surface area contributed by atoms with Gasteiger partial charge in [0.1, 0.15) is 5.76 Å². The summed E-state index contributed by atoms with van der Waals surface area (Å²) < 4.78 is 37.0. The number of sulfone groups is 1. The van der Waals surface area contributed by atoms with E-state index in [4.69, 9.17) is 8.83 Å². The molecule has 4 aromatic rings. The van der Waals surface area contributed by atoms with Crippen molar-refractivity contribution in [3.8, 4) is 0 Å². The van der Waals surface area contributed by atoms with Gasteiger partial charge in [0, 0.05) is 6.54 Å². The molecule has 1 amide bonds. The Morgan fingerprint density at radius 1 is 0.886 bits per heavy atom. The van der Waals surface area contributed by atoms with E-state index in [1.54, 1.807) is 35.4 Å². The molecule has 4 rings (SSSR count). The van der Waals surface area contributed by atoms with Crippen molar-refractivity contribution >= 4 is 15.7 Å². The number of benzene rings is 2. The van der Waals surface area contributed by atoms with E-state index < -0.39 is 15.7 Å². The maximum absolute atomic E-state index is 13.4. The minimum Gasteiger partial charge on any atom is -0.467 e. The predicted octanol–water partition coefficient (Wildman–Crippen LogP) is 6.15. The molecule has 35 heavy (non-hydrogen) atoms. The number of carbonyl (C=O) groups excluding carboxylic acids is 1. The summed E-state index contributed by atoms with van der Waals surface area (Å²) in [5, 5.41) is -0.266. The molecule has 0 bridgehead atoms. The van der Waals surface area contributed by atoms with Gasteiger partial charge in [0.2, 0.25) is 14.9 Å². The topological polar surface area (TPSA) is 80.7 Å². The Kier molecular flexibility index (Phi) is 6.72. The second-order valence-electron chi connectivity index (χ2n) is 9.62. The van der Waals surface area contributed by atoms with E-state index in [0.29, 0.717) is 12.3 Å². The molecule has 0 fully saturated rings. The van der Waals surface area contributed by atoms with E-state index in [-0.39, 0.29) is 27.7 Å². The molecule has 0 saturated carbocycles. The monoisotopic (exact) mass is 491 g/mol. The summed E-state index contributed by atoms with van der Waals surface area (Å²) in [5.41, 5.74) is 3.11. The summed E-state index contributed by atoms with van der Waals surface area (Å²) >= 11 is 0. The van der Waals surface area contributed by atoms with Gasteiger partial charge in [-0.1, -0.05) is 62.7 Å². The van der Waals surface area contributed by atoms with Crippen molar-refractivity contribution in [1.82, 2.24) is 4.90 Å². The zero-order valence-corrected chi connectivity index (χ0v) is 21.1. The molecule has 2 heterocycles. The fourth-order valence-corrected chi connectivity index (χ4v) is 4.86. The quantitative estimate of drug-likeness (QED) is 0.310. The van der Waals surface area contributed by atoms with Crippen LogP contribution in [0, 0.1) is 6.92 Å². The molecule has 182 valence electrons. The fraction of sp³-hybridized carbons (Fsp3) is 0.250. The van der Waals surface area contributed by atoms with Crippen molar-refractivity contribution in [2.45, 2.75) is 56.2 Å². The smallest absolute Gasteiger partial charge is 0.290 e. The van der Waals surface area contributed by atoms with Crippen molar-refractivity contribution in [3.63, 3.8) is 0 Å². The Hall–Kier alpha value is -3.58. The molecule has 0 aliphatic heterocycles. The number of nitrogens with zero attached hydrogens (tertiary/aromatic N) is 1. The Balaban J connectivity index is 1.60. The van der Waals surface area contributed by atoms with Crippen LogP contribution < -0.4 is 0 Å². The van der Waals surface area contributed by atoms with Crippen LogP contribution in [-0.4, -0.2) is 19.2 Å². The van der Waals surface area contributed by atoms with Crippen LogP contribution in [0.1, 0.15) is 53.8 Å². The van der Waals surface area contributed by atoms with Gasteiger partial charge in [0.05, 0.1) is 17.7 Å². The first-order chi connectivity index (χ1) is 16.5. The van der Waals surface area contributed by atoms with E-state index in [9.17, 15) is 13.2 Å². The number of amides is 1. The molecule has 0 aliphatic carbocycles. The van der Waals surface area contributed by atoms with Gasteiger partial charge in [-0.3, -0.25) is 4.79 Å². The number of furan rings is 2. The minimum atomic E-state index is -3.88. The van der Waals surface area contributed by atoms with Crippen LogP contribution in [0.3, 0.4) is 0 Å². The first-order valence-corrected chi connectivity index (χ1v) is 12.8. The predicted molar refractivity (Wildman–Crippen MR) is 133 cm³/mol. The molecule has 0 aliphatic rings. The van der Waals surface area contributed by atoms with Crippen LogP contribution in [0.5, 0.6) is 0 Å². The van der Waals surface area contributed by atoms with Crippen molar-refractivity contribution in [3.05, 3.63) is 107 Å². The Labute approximate surface area is 206 Å². The van der Waals surface area contributed by atoms with Crippen molar-refractivity contribution in [2.75, 3.05) is 0 Å². The summed E-state index contributed by atoms with van der Waals surface area (Å²) in [6.45, 7) is 8.85. The lowest BCUT2D eigenvalue weighted by Crippen LogP contribution is -2.29. The maximum Gasteiger partial charge on any atom is 0.290 e. The molecule has 2 aromatic heterocycles. The van der Waals surface area contributed by atoms with E-state index >= 15 is 0 Å². The summed E-state index contributed by atoms with van der Waals surface area (Å²) in [6, 6.07) is 20.9. The van der Waals surface area contributed by atoms with Gasteiger partial charge in [-0.25, -0.2) is 8.42 Å². The molecule has 0 N–H and O–H groups in total. The fourth-order valence-electron chi connectivity index (χ4n) is 3.69. The molecule has 0 radical (unpaired) electrons. The van der Waals surface area contributed by atoms with Gasteiger partial charge in [0.15, 0.2) is 5.76 Å². The zero-order valence-electron chi connectivity index (χ0n) is 20.3. The van der Waals surface area contributed by atoms with Crippen LogP contribution >= 0.6 is 0 Å². The Morgan fingerprint density at radius 3 is 2.17 bits per heavy atom. The lowest BCUT2D eigenvalue weighted by molar-refractivity contribution is 0.0679. The second kappa shape index (κ2) is 9.58. The highest BCUT2D eigenvalue weighted by Crippen LogP contribution is 2.26. The molecule has 0 saturated heterocycles. The molecule has 6 nitrogen and oxygen atoms in total. The molecule has 0 atom stereocenters. The maximum atomic E-state index is 13.4. The number of hydrogen-bond acceptors (Lipinski definition) is 5. The summed E-state index contributed by atoms with van der Waals surface area (Å²) in [4.78, 5) is 15.1. The first kappa shape index (κ1) is 24.5. The van der Waals surface area contributed by atoms with Gasteiger partial charge in [0.25, 0.3) is 5.91 Å². The first-order valence-electron chi connectivity index (χ1n) is 11.4. The third kappa shape index (κ3) is 5.57. The summed E-state index contributed by atoms with van der Waals surface area (Å²) in [6.07, 6.45) is 1.55. The van der Waals surface area contributed by atoms with Gasteiger partial charge in [-0.05, 0) is 59.9 Å². The van der Waals surface area contributed by atoms with E-state index in [1.165, 1.54) is 29.8 Å². The van der Waals surface area contributed by atoms with Crippen LogP contribution in [0.2, 0.25) is 0 Å². The average molecular weight is 492 g/mol. The van der Waals surface area contributed by atoms with Crippen LogP contribution in [0.15, 0.2) is 97.9 Å². The number of rotatable bonds is 7. The Bertz CT molecular complexity index is 1390. The number of hydrogen-bond donors (Lipinski definition) is 0. The standard InChI is InChI=1S/C28H29NO5S/c1-20-7-13-24(14-8-20)35(31,32)26-16-15-25(34-26)27(30)29(19-23-6-5-17-33-23)18-21-9-11-22(12-10-21)28(2,3)4/h5-17H,18-19H2,1-4H3. The third-order valence-electron chi connectivity index (χ3n) is 5.80. The summed E-state index contributed by atoms with van der Waals surface area (Å²) in [7, 11) is -3.88. The highest BCUT2D eigenvalue weighted by molar-refractivity contribution is 7.91. The number of aryl methyl sites for hydroxylation is 1. The highest BCUT2D eigenvalue weighted by Gasteiger charge is 2.26. The van der Waals surface area contributed by atoms with Crippen molar-refractivity contribution in [2.24, 2.45) is 0 Å². The SMILES string of the molecule is Cc1ccc(S(=O)(=O)c2ccc(C(=O)N(Cc3ccc(C(C)(C)C)cc3)Cc3ccco3)o2)cc1. The minimum absolute atomic E-state index is 0.0235. The lowest BCUT2D eigenvalue weighted by atomic mass is 9.87. The van der Waals surface area contributed by atoms with Crippen molar-refractivity contribution in [1.29, 1.82) is 0 Å². The zero-order chi connectivity index (χ0) is 25.2. The van der Waals surface area contributed by atoms with Crippen LogP contribution in [-0.2, 0) is 28.3 Å². The van der Waals surface area contributed by atoms with Gasteiger partial charge in [-0.15, -0.1) is 0 Å². The summed E-state index contributed by atoms with van der Waals surface area (Å²) in [5.74, 6) is 0.143. The van der Waals surface area contributed by atoms with Crippen molar-refractivity contribution < 1.29 is 22.0 Å². The molecule has 2 aromatic carbocycles. The number of carbonyl (C=O) groups is 1. The molecule has 0 unspecified atom stereocenters. The molecule has 0 spiro atoms. The lowest BCUT2D eigenvalue weighted by Gasteiger charge is -2.22. The van der Waals surface area contributed by atoms with Crippen LogP contribution in [0.4, 0.5) is 0 Å². The molecular formula is C28H29NO5S. The Morgan fingerprint density at radius 2 is 1.57 bits per heavy atom. The highest BCUT2D eigenvalue weighted by atomic mass is 32.2. The largest absolute Gasteiger partial charge is 0.467 e. The van der Waals surface area contributed by atoms with Gasteiger partial charge in [-0.2, -0.15) is 0 Å². The van der Waals surface area contributed by atoms with E-state index in [2.05, 4.69) is 32.9 Å². The van der Waals surface area contributed by atoms with Crippen LogP contribution in [0.25, 0.3) is 0 Å². The second-order valence-corrected chi connectivity index (χ2v) is 11.5. The normalized spacial score (nSPS) is 12.0. The molecular weight excluding hydrogens is 462 g/mol. The van der Waals surface area contributed by atoms with Gasteiger partial charge >= 0.3 is 0 Å².